The van der Waals surface area contributed by atoms with E-state index in [9.17, 15) is 4.79 Å². The van der Waals surface area contributed by atoms with Gasteiger partial charge >= 0.3 is 0 Å². The molecule has 2 heterocycles. The zero-order chi connectivity index (χ0) is 16.9. The molecular formula is C18H19Cl2N3O. The Kier molecular flexibility index (Phi) is 5.72. The highest BCUT2D eigenvalue weighted by molar-refractivity contribution is 6.30. The van der Waals surface area contributed by atoms with Gasteiger partial charge in [-0.3, -0.25) is 9.78 Å². The van der Waals surface area contributed by atoms with Gasteiger partial charge in [-0.2, -0.15) is 0 Å². The number of rotatable bonds is 4. The number of hydrogen-bond donors (Lipinski definition) is 1. The summed E-state index contributed by atoms with van der Waals surface area (Å²) in [7, 11) is 0. The van der Waals surface area contributed by atoms with Crippen LogP contribution in [0.15, 0.2) is 48.7 Å². The molecule has 2 aromatic rings. The number of carbonyl (C=O) groups is 1. The highest BCUT2D eigenvalue weighted by atomic mass is 35.5. The number of piperidine rings is 1. The number of hydrogen-bond acceptors (Lipinski definition) is 3. The number of aromatic nitrogens is 1. The maximum absolute atomic E-state index is 12.9. The number of carbonyl (C=O) groups excluding carboxylic acids is 1. The Balaban J connectivity index is 1.81. The second-order valence-electron chi connectivity index (χ2n) is 5.93. The maximum atomic E-state index is 12.9. The summed E-state index contributed by atoms with van der Waals surface area (Å²) in [6, 6.07) is 13.1. The zero-order valence-corrected chi connectivity index (χ0v) is 14.7. The third kappa shape index (κ3) is 4.26. The Morgan fingerprint density at radius 1 is 1.17 bits per heavy atom. The molecule has 0 radical (unpaired) electrons. The fraction of sp³-hybridized carbons (Fsp3) is 0.333. The van der Waals surface area contributed by atoms with Gasteiger partial charge in [-0.15, -0.1) is 0 Å². The number of halogens is 2. The Morgan fingerprint density at radius 3 is 2.50 bits per heavy atom. The molecule has 1 aliphatic rings. The molecule has 1 aliphatic heterocycles. The Hall–Kier alpha value is -1.62. The lowest BCUT2D eigenvalue weighted by Gasteiger charge is -2.29. The van der Waals surface area contributed by atoms with Crippen LogP contribution in [-0.4, -0.2) is 34.4 Å². The SMILES string of the molecule is O=C(NC1CCN(Cl)CC1)C(c1ccc(Cl)cc1)c1ccccn1. The molecule has 0 saturated carbocycles. The van der Waals surface area contributed by atoms with Crippen LogP contribution in [0.2, 0.25) is 5.02 Å². The monoisotopic (exact) mass is 363 g/mol. The molecule has 1 fully saturated rings. The van der Waals surface area contributed by atoms with Crippen molar-refractivity contribution in [1.29, 1.82) is 0 Å². The van der Waals surface area contributed by atoms with Crippen molar-refractivity contribution in [3.63, 3.8) is 0 Å². The summed E-state index contributed by atoms with van der Waals surface area (Å²) in [6.45, 7) is 1.56. The summed E-state index contributed by atoms with van der Waals surface area (Å²) >= 11 is 12.0. The molecule has 4 nitrogen and oxygen atoms in total. The molecule has 0 aliphatic carbocycles. The fourth-order valence-corrected chi connectivity index (χ4v) is 3.26. The van der Waals surface area contributed by atoms with Crippen molar-refractivity contribution in [3.05, 3.63) is 64.9 Å². The summed E-state index contributed by atoms with van der Waals surface area (Å²) in [4.78, 5) is 17.3. The van der Waals surface area contributed by atoms with E-state index in [4.69, 9.17) is 23.4 Å². The Morgan fingerprint density at radius 2 is 1.88 bits per heavy atom. The summed E-state index contributed by atoms with van der Waals surface area (Å²) < 4.78 is 1.76. The Labute approximate surface area is 151 Å². The average molecular weight is 364 g/mol. The molecule has 24 heavy (non-hydrogen) atoms. The van der Waals surface area contributed by atoms with Crippen LogP contribution in [-0.2, 0) is 4.79 Å². The number of pyridine rings is 1. The summed E-state index contributed by atoms with van der Waals surface area (Å²) in [5, 5.41) is 3.80. The molecule has 1 atom stereocenters. The maximum Gasteiger partial charge on any atom is 0.233 e. The van der Waals surface area contributed by atoms with Crippen LogP contribution in [0.1, 0.15) is 30.0 Å². The van der Waals surface area contributed by atoms with Gasteiger partial charge in [-0.05, 0) is 54.4 Å². The lowest BCUT2D eigenvalue weighted by molar-refractivity contribution is -0.122. The van der Waals surface area contributed by atoms with E-state index < -0.39 is 5.92 Å². The minimum atomic E-state index is -0.447. The van der Waals surface area contributed by atoms with E-state index >= 15 is 0 Å². The van der Waals surface area contributed by atoms with E-state index in [0.717, 1.165) is 37.2 Å². The van der Waals surface area contributed by atoms with Crippen LogP contribution < -0.4 is 5.32 Å². The van der Waals surface area contributed by atoms with Gasteiger partial charge in [0.15, 0.2) is 0 Å². The van der Waals surface area contributed by atoms with E-state index in [2.05, 4.69) is 10.3 Å². The molecule has 1 unspecified atom stereocenters. The van der Waals surface area contributed by atoms with Crippen LogP contribution in [0.5, 0.6) is 0 Å². The summed E-state index contributed by atoms with van der Waals surface area (Å²) in [5.74, 6) is -0.485. The number of benzene rings is 1. The second-order valence-corrected chi connectivity index (χ2v) is 6.85. The van der Waals surface area contributed by atoms with Crippen molar-refractivity contribution in [1.82, 2.24) is 14.7 Å². The Bertz CT molecular complexity index is 670. The highest BCUT2D eigenvalue weighted by Gasteiger charge is 2.27. The third-order valence-electron chi connectivity index (χ3n) is 4.24. The van der Waals surface area contributed by atoms with Crippen molar-refractivity contribution < 1.29 is 4.79 Å². The molecule has 1 amide bonds. The van der Waals surface area contributed by atoms with Crippen LogP contribution in [0, 0.1) is 0 Å². The number of nitrogens with one attached hydrogen (secondary N) is 1. The van der Waals surface area contributed by atoms with Crippen LogP contribution >= 0.6 is 23.4 Å². The van der Waals surface area contributed by atoms with Gasteiger partial charge in [-0.25, -0.2) is 4.42 Å². The van der Waals surface area contributed by atoms with Crippen molar-refractivity contribution >= 4 is 29.3 Å². The smallest absolute Gasteiger partial charge is 0.233 e. The molecule has 1 aromatic heterocycles. The minimum absolute atomic E-state index is 0.0379. The predicted molar refractivity (Wildman–Crippen MR) is 96.1 cm³/mol. The first-order valence-electron chi connectivity index (χ1n) is 8.01. The molecule has 126 valence electrons. The first kappa shape index (κ1) is 17.2. The first-order valence-corrected chi connectivity index (χ1v) is 8.72. The predicted octanol–water partition coefficient (Wildman–Crippen LogP) is 3.60. The minimum Gasteiger partial charge on any atom is -0.352 e. The van der Waals surface area contributed by atoms with E-state index in [1.165, 1.54) is 0 Å². The molecular weight excluding hydrogens is 345 g/mol. The zero-order valence-electron chi connectivity index (χ0n) is 13.2. The first-order chi connectivity index (χ1) is 11.6. The quantitative estimate of drug-likeness (QED) is 0.844. The molecule has 3 rings (SSSR count). The third-order valence-corrected chi connectivity index (χ3v) is 4.83. The largest absolute Gasteiger partial charge is 0.352 e. The van der Waals surface area contributed by atoms with Crippen LogP contribution in [0.25, 0.3) is 0 Å². The standard InChI is InChI=1S/C18H19Cl2N3O/c19-14-6-4-13(5-7-14)17(16-3-1-2-10-21-16)18(24)22-15-8-11-23(20)12-9-15/h1-7,10,15,17H,8-9,11-12H2,(H,22,24). The van der Waals surface area contributed by atoms with E-state index in [0.29, 0.717) is 5.02 Å². The van der Waals surface area contributed by atoms with Crippen LogP contribution in [0.3, 0.4) is 0 Å². The molecule has 6 heteroatoms. The van der Waals surface area contributed by atoms with Crippen molar-refractivity contribution in [3.8, 4) is 0 Å². The number of nitrogens with zero attached hydrogens (tertiary/aromatic N) is 2. The average Bonchev–Trinajstić information content (AvgIpc) is 2.60. The van der Waals surface area contributed by atoms with Gasteiger partial charge in [0.25, 0.3) is 0 Å². The molecule has 0 spiro atoms. The second kappa shape index (κ2) is 7.97. The fourth-order valence-electron chi connectivity index (χ4n) is 2.94. The molecule has 1 N–H and O–H groups in total. The summed E-state index contributed by atoms with van der Waals surface area (Å²) in [5.41, 5.74) is 1.61. The lowest BCUT2D eigenvalue weighted by Crippen LogP contribution is -2.44. The van der Waals surface area contributed by atoms with Crippen molar-refractivity contribution in [2.24, 2.45) is 0 Å². The highest BCUT2D eigenvalue weighted by Crippen LogP contribution is 2.25. The molecule has 1 saturated heterocycles. The van der Waals surface area contributed by atoms with Gasteiger partial charge in [0.05, 0.1) is 5.69 Å². The number of amides is 1. The van der Waals surface area contributed by atoms with Gasteiger partial charge in [-0.1, -0.05) is 29.8 Å². The molecule has 0 bridgehead atoms. The topological polar surface area (TPSA) is 45.2 Å². The van der Waals surface area contributed by atoms with E-state index in [1.54, 1.807) is 22.7 Å². The van der Waals surface area contributed by atoms with Crippen molar-refractivity contribution in [2.75, 3.05) is 13.1 Å². The lowest BCUT2D eigenvalue weighted by atomic mass is 9.93. The molecule has 1 aromatic carbocycles. The van der Waals surface area contributed by atoms with E-state index in [-0.39, 0.29) is 11.9 Å². The van der Waals surface area contributed by atoms with Crippen LogP contribution in [0.4, 0.5) is 0 Å². The van der Waals surface area contributed by atoms with Gasteiger partial charge in [0.1, 0.15) is 5.92 Å². The van der Waals surface area contributed by atoms with Crippen molar-refractivity contribution in [2.45, 2.75) is 24.8 Å². The van der Waals surface area contributed by atoms with E-state index in [1.807, 2.05) is 30.3 Å². The van der Waals surface area contributed by atoms with Gasteiger partial charge in [0, 0.05) is 30.4 Å². The normalized spacial score (nSPS) is 17.4. The summed E-state index contributed by atoms with van der Waals surface area (Å²) in [6.07, 6.45) is 3.41. The van der Waals surface area contributed by atoms with Gasteiger partial charge in [0.2, 0.25) is 5.91 Å². The van der Waals surface area contributed by atoms with Gasteiger partial charge < -0.3 is 5.32 Å².